The number of methoxy groups -OCH3 is 1. The van der Waals surface area contributed by atoms with Crippen molar-refractivity contribution in [2.75, 3.05) is 12.4 Å². The summed E-state index contributed by atoms with van der Waals surface area (Å²) < 4.78 is 11.2. The maximum Gasteiger partial charge on any atom is 0.163 e. The van der Waals surface area contributed by atoms with Gasteiger partial charge in [-0.3, -0.25) is 4.79 Å². The Morgan fingerprint density at radius 2 is 1.77 bits per heavy atom. The zero-order valence-corrected chi connectivity index (χ0v) is 15.4. The molecule has 0 fully saturated rings. The second-order valence-electron chi connectivity index (χ2n) is 6.32. The first kappa shape index (κ1) is 17.7. The van der Waals surface area contributed by atoms with Crippen molar-refractivity contribution in [2.45, 2.75) is 26.9 Å². The third-order valence-electron chi connectivity index (χ3n) is 3.90. The number of rotatable bonds is 6. The monoisotopic (exact) mass is 350 g/mol. The van der Waals surface area contributed by atoms with Gasteiger partial charge in [0.15, 0.2) is 17.3 Å². The van der Waals surface area contributed by atoms with Crippen molar-refractivity contribution in [1.29, 1.82) is 0 Å². The molecule has 0 aliphatic carbocycles. The van der Waals surface area contributed by atoms with E-state index in [1.165, 1.54) is 0 Å². The predicted molar refractivity (Wildman–Crippen MR) is 104 cm³/mol. The molecule has 0 spiro atoms. The minimum atomic E-state index is 0.0439. The fraction of sp³-hybridized carbons (Fsp3) is 0.238. The Morgan fingerprint density at radius 3 is 2.38 bits per heavy atom. The topological polar surface area (TPSA) is 60.5 Å². The van der Waals surface area contributed by atoms with Crippen LogP contribution in [0.2, 0.25) is 0 Å². The van der Waals surface area contributed by atoms with E-state index in [9.17, 15) is 4.79 Å². The molecule has 0 bridgehead atoms. The number of Topliss-reactive ketones (excluding diaryl/α,β-unsaturated/α-hetero) is 1. The fourth-order valence-electron chi connectivity index (χ4n) is 2.64. The molecule has 0 unspecified atom stereocenters. The molecule has 0 atom stereocenters. The molecule has 1 N–H and O–H groups in total. The summed E-state index contributed by atoms with van der Waals surface area (Å²) >= 11 is 0. The SMILES string of the molecule is COc1cc2ccc(Nc3ccc(C(C)=O)cc3)nc2cc1OC(C)C. The Labute approximate surface area is 153 Å². The number of ketones is 1. The Hall–Kier alpha value is -3.08. The van der Waals surface area contributed by atoms with Crippen LogP contribution in [0.1, 0.15) is 31.1 Å². The summed E-state index contributed by atoms with van der Waals surface area (Å²) in [5.41, 5.74) is 2.37. The Morgan fingerprint density at radius 1 is 1.04 bits per heavy atom. The third-order valence-corrected chi connectivity index (χ3v) is 3.90. The molecule has 0 saturated carbocycles. The quantitative estimate of drug-likeness (QED) is 0.636. The van der Waals surface area contributed by atoms with Crippen molar-refractivity contribution in [3.63, 3.8) is 0 Å². The van der Waals surface area contributed by atoms with Gasteiger partial charge in [-0.05, 0) is 63.2 Å². The van der Waals surface area contributed by atoms with Crippen LogP contribution in [-0.2, 0) is 0 Å². The molecule has 5 heteroatoms. The number of benzene rings is 2. The van der Waals surface area contributed by atoms with E-state index in [1.54, 1.807) is 26.2 Å². The zero-order chi connectivity index (χ0) is 18.7. The van der Waals surface area contributed by atoms with Gasteiger partial charge in [0, 0.05) is 22.7 Å². The van der Waals surface area contributed by atoms with Crippen LogP contribution in [0.4, 0.5) is 11.5 Å². The molecule has 1 heterocycles. The van der Waals surface area contributed by atoms with Crippen LogP contribution in [-0.4, -0.2) is 24.0 Å². The number of pyridine rings is 1. The van der Waals surface area contributed by atoms with Crippen LogP contribution in [0.15, 0.2) is 48.5 Å². The van der Waals surface area contributed by atoms with Gasteiger partial charge in [-0.2, -0.15) is 0 Å². The van der Waals surface area contributed by atoms with Crippen LogP contribution >= 0.6 is 0 Å². The second kappa shape index (κ2) is 7.44. The summed E-state index contributed by atoms with van der Waals surface area (Å²) in [4.78, 5) is 16.0. The summed E-state index contributed by atoms with van der Waals surface area (Å²) in [6.07, 6.45) is 0.0439. The lowest BCUT2D eigenvalue weighted by molar-refractivity contribution is 0.101. The molecule has 26 heavy (non-hydrogen) atoms. The van der Waals surface area contributed by atoms with Crippen molar-refractivity contribution in [1.82, 2.24) is 4.98 Å². The number of carbonyl (C=O) groups excluding carboxylic acids is 1. The molecule has 0 radical (unpaired) electrons. The highest BCUT2D eigenvalue weighted by molar-refractivity contribution is 5.94. The van der Waals surface area contributed by atoms with Gasteiger partial charge in [-0.1, -0.05) is 0 Å². The summed E-state index contributed by atoms with van der Waals surface area (Å²) in [5.74, 6) is 2.12. The van der Waals surface area contributed by atoms with Gasteiger partial charge in [0.05, 0.1) is 18.7 Å². The van der Waals surface area contributed by atoms with Gasteiger partial charge in [0.1, 0.15) is 5.82 Å². The molecule has 134 valence electrons. The molecule has 0 aliphatic heterocycles. The molecular formula is C21H22N2O3. The lowest BCUT2D eigenvalue weighted by Gasteiger charge is -2.15. The van der Waals surface area contributed by atoms with Crippen molar-refractivity contribution in [3.05, 3.63) is 54.1 Å². The number of nitrogens with zero attached hydrogens (tertiary/aromatic N) is 1. The van der Waals surface area contributed by atoms with Crippen LogP contribution in [0.5, 0.6) is 11.5 Å². The number of nitrogens with one attached hydrogen (secondary N) is 1. The number of fused-ring (bicyclic) bond motifs is 1. The van der Waals surface area contributed by atoms with Crippen molar-refractivity contribution in [2.24, 2.45) is 0 Å². The molecule has 3 aromatic rings. The highest BCUT2D eigenvalue weighted by atomic mass is 16.5. The summed E-state index contributed by atoms with van der Waals surface area (Å²) in [5, 5.41) is 4.22. The Balaban J connectivity index is 1.91. The molecule has 0 aliphatic rings. The zero-order valence-electron chi connectivity index (χ0n) is 15.4. The number of hydrogen-bond acceptors (Lipinski definition) is 5. The van der Waals surface area contributed by atoms with Crippen molar-refractivity contribution < 1.29 is 14.3 Å². The maximum absolute atomic E-state index is 11.4. The molecule has 5 nitrogen and oxygen atoms in total. The van der Waals surface area contributed by atoms with Crippen LogP contribution in [0.25, 0.3) is 10.9 Å². The molecular weight excluding hydrogens is 328 g/mol. The van der Waals surface area contributed by atoms with E-state index in [-0.39, 0.29) is 11.9 Å². The van der Waals surface area contributed by atoms with E-state index < -0.39 is 0 Å². The van der Waals surface area contributed by atoms with Gasteiger partial charge in [0.25, 0.3) is 0 Å². The van der Waals surface area contributed by atoms with E-state index >= 15 is 0 Å². The Bertz CT molecular complexity index is 934. The second-order valence-corrected chi connectivity index (χ2v) is 6.32. The number of ether oxygens (including phenoxy) is 2. The molecule has 0 saturated heterocycles. The predicted octanol–water partition coefficient (Wildman–Crippen LogP) is 4.98. The normalized spacial score (nSPS) is 10.8. The number of hydrogen-bond donors (Lipinski definition) is 1. The van der Waals surface area contributed by atoms with E-state index in [0.717, 1.165) is 16.6 Å². The van der Waals surface area contributed by atoms with Crippen LogP contribution in [0, 0.1) is 0 Å². The highest BCUT2D eigenvalue weighted by Gasteiger charge is 2.10. The summed E-state index contributed by atoms with van der Waals surface area (Å²) in [6, 6.07) is 15.0. The molecule has 1 aromatic heterocycles. The largest absolute Gasteiger partial charge is 0.493 e. The first-order valence-corrected chi connectivity index (χ1v) is 8.49. The molecule has 3 rings (SSSR count). The first-order valence-electron chi connectivity index (χ1n) is 8.49. The van der Waals surface area contributed by atoms with Crippen LogP contribution in [0.3, 0.4) is 0 Å². The average molecular weight is 350 g/mol. The minimum absolute atomic E-state index is 0.0439. The van der Waals surface area contributed by atoms with Gasteiger partial charge >= 0.3 is 0 Å². The van der Waals surface area contributed by atoms with E-state index in [1.807, 2.05) is 50.2 Å². The fourth-order valence-corrected chi connectivity index (χ4v) is 2.64. The van der Waals surface area contributed by atoms with Gasteiger partial charge in [-0.25, -0.2) is 4.98 Å². The van der Waals surface area contributed by atoms with Gasteiger partial charge in [0.2, 0.25) is 0 Å². The smallest absolute Gasteiger partial charge is 0.163 e. The third kappa shape index (κ3) is 3.94. The lowest BCUT2D eigenvalue weighted by Crippen LogP contribution is -2.06. The number of anilines is 2. The highest BCUT2D eigenvalue weighted by Crippen LogP contribution is 2.33. The van der Waals surface area contributed by atoms with Crippen LogP contribution < -0.4 is 14.8 Å². The summed E-state index contributed by atoms with van der Waals surface area (Å²) in [6.45, 7) is 5.50. The number of aromatic nitrogens is 1. The standard InChI is InChI=1S/C21H22N2O3/c1-13(2)26-20-12-18-16(11-19(20)25-4)7-10-21(23-18)22-17-8-5-15(6-9-17)14(3)24/h5-13H,1-4H3,(H,22,23). The van der Waals surface area contributed by atoms with E-state index in [4.69, 9.17) is 9.47 Å². The van der Waals surface area contributed by atoms with Crippen molar-refractivity contribution in [3.8, 4) is 11.5 Å². The average Bonchev–Trinajstić information content (AvgIpc) is 2.61. The first-order chi connectivity index (χ1) is 12.5. The minimum Gasteiger partial charge on any atom is -0.493 e. The Kier molecular flexibility index (Phi) is 5.07. The number of carbonyl (C=O) groups is 1. The van der Waals surface area contributed by atoms with Crippen molar-refractivity contribution >= 4 is 28.2 Å². The van der Waals surface area contributed by atoms with E-state index in [0.29, 0.717) is 22.9 Å². The summed E-state index contributed by atoms with van der Waals surface area (Å²) in [7, 11) is 1.63. The molecule has 2 aromatic carbocycles. The van der Waals surface area contributed by atoms with Gasteiger partial charge < -0.3 is 14.8 Å². The molecule has 0 amide bonds. The lowest BCUT2D eigenvalue weighted by atomic mass is 10.1. The maximum atomic E-state index is 11.4. The van der Waals surface area contributed by atoms with Gasteiger partial charge in [-0.15, -0.1) is 0 Å². The van der Waals surface area contributed by atoms with E-state index in [2.05, 4.69) is 10.3 Å².